The summed E-state index contributed by atoms with van der Waals surface area (Å²) in [5.74, 6) is 0.706. The third-order valence-electron chi connectivity index (χ3n) is 4.16. The Balaban J connectivity index is 1.93. The number of piperidine rings is 1. The molecular weight excluding hydrogens is 278 g/mol. The van der Waals surface area contributed by atoms with Crippen LogP contribution in [-0.2, 0) is 10.2 Å². The number of ether oxygens (including phenoxy) is 1. The van der Waals surface area contributed by atoms with Crippen molar-refractivity contribution < 1.29 is 14.6 Å². The quantitative estimate of drug-likeness (QED) is 0.934. The molecule has 1 amide bonds. The summed E-state index contributed by atoms with van der Waals surface area (Å²) in [6, 6.07) is 7.93. The lowest BCUT2D eigenvalue weighted by Crippen LogP contribution is -2.45. The molecule has 1 aromatic carbocycles. The molecule has 1 aliphatic heterocycles. The number of aliphatic hydroxyl groups excluding tert-OH is 1. The molecule has 0 spiro atoms. The Morgan fingerprint density at radius 3 is 2.27 bits per heavy atom. The number of hydrogen-bond acceptors (Lipinski definition) is 3. The van der Waals surface area contributed by atoms with Crippen molar-refractivity contribution in [3.63, 3.8) is 0 Å². The number of carbonyl (C=O) groups is 1. The zero-order chi connectivity index (χ0) is 16.3. The van der Waals surface area contributed by atoms with Crippen molar-refractivity contribution in [2.24, 2.45) is 0 Å². The van der Waals surface area contributed by atoms with Crippen molar-refractivity contribution in [1.29, 1.82) is 0 Å². The Kier molecular flexibility index (Phi) is 5.12. The molecule has 4 nitrogen and oxygen atoms in total. The number of likely N-dealkylation sites (tertiary alicyclic amines) is 1. The maximum Gasteiger partial charge on any atom is 0.263 e. The number of hydrogen-bond donors (Lipinski definition) is 1. The Labute approximate surface area is 133 Å². The Morgan fingerprint density at radius 1 is 1.23 bits per heavy atom. The van der Waals surface area contributed by atoms with Gasteiger partial charge in [0, 0.05) is 13.1 Å². The number of amides is 1. The van der Waals surface area contributed by atoms with E-state index in [0.717, 1.165) is 0 Å². The van der Waals surface area contributed by atoms with E-state index in [1.54, 1.807) is 11.8 Å². The average molecular weight is 305 g/mol. The van der Waals surface area contributed by atoms with E-state index in [1.165, 1.54) is 5.56 Å². The lowest BCUT2D eigenvalue weighted by molar-refractivity contribution is -0.139. The van der Waals surface area contributed by atoms with Crippen molar-refractivity contribution in [2.75, 3.05) is 13.1 Å². The van der Waals surface area contributed by atoms with Gasteiger partial charge in [-0.1, -0.05) is 32.9 Å². The molecular formula is C18H27NO3. The number of aliphatic hydroxyl groups is 1. The van der Waals surface area contributed by atoms with E-state index in [9.17, 15) is 9.90 Å². The number of benzene rings is 1. The summed E-state index contributed by atoms with van der Waals surface area (Å²) in [6.45, 7) is 9.50. The molecule has 0 radical (unpaired) electrons. The Bertz CT molecular complexity index is 496. The summed E-state index contributed by atoms with van der Waals surface area (Å²) in [6.07, 6.45) is 0.526. The second-order valence-corrected chi connectivity index (χ2v) is 7.09. The summed E-state index contributed by atoms with van der Waals surface area (Å²) in [4.78, 5) is 14.1. The highest BCUT2D eigenvalue weighted by atomic mass is 16.5. The van der Waals surface area contributed by atoms with Crippen molar-refractivity contribution in [3.05, 3.63) is 29.8 Å². The number of rotatable bonds is 3. The first-order chi connectivity index (χ1) is 10.3. The fraction of sp³-hybridized carbons (Fsp3) is 0.611. The van der Waals surface area contributed by atoms with Crippen LogP contribution in [0.4, 0.5) is 0 Å². The van der Waals surface area contributed by atoms with Crippen molar-refractivity contribution in [2.45, 2.75) is 58.2 Å². The van der Waals surface area contributed by atoms with Gasteiger partial charge in [-0.3, -0.25) is 4.79 Å². The molecule has 4 heteroatoms. The van der Waals surface area contributed by atoms with Gasteiger partial charge < -0.3 is 14.7 Å². The second kappa shape index (κ2) is 6.69. The van der Waals surface area contributed by atoms with Gasteiger partial charge in [-0.15, -0.1) is 0 Å². The molecule has 1 unspecified atom stereocenters. The summed E-state index contributed by atoms with van der Waals surface area (Å²) in [5, 5.41) is 9.50. The Hall–Kier alpha value is -1.55. The molecule has 22 heavy (non-hydrogen) atoms. The summed E-state index contributed by atoms with van der Waals surface area (Å²) < 4.78 is 5.77. The molecule has 1 N–H and O–H groups in total. The molecule has 0 bridgehead atoms. The first kappa shape index (κ1) is 16.8. The molecule has 2 rings (SSSR count). The number of carbonyl (C=O) groups excluding carboxylic acids is 1. The average Bonchev–Trinajstić information content (AvgIpc) is 2.47. The summed E-state index contributed by atoms with van der Waals surface area (Å²) in [5.41, 5.74) is 1.35. The van der Waals surface area contributed by atoms with E-state index in [2.05, 4.69) is 20.8 Å². The van der Waals surface area contributed by atoms with E-state index in [0.29, 0.717) is 31.7 Å². The first-order valence-electron chi connectivity index (χ1n) is 8.01. The molecule has 0 aromatic heterocycles. The van der Waals surface area contributed by atoms with Crippen molar-refractivity contribution >= 4 is 5.91 Å². The maximum atomic E-state index is 12.4. The lowest BCUT2D eigenvalue weighted by atomic mass is 9.87. The highest BCUT2D eigenvalue weighted by Gasteiger charge is 2.26. The maximum absolute atomic E-state index is 12.4. The van der Waals surface area contributed by atoms with E-state index in [4.69, 9.17) is 4.74 Å². The van der Waals surface area contributed by atoms with Crippen LogP contribution in [0.15, 0.2) is 24.3 Å². The minimum atomic E-state index is -0.504. The zero-order valence-electron chi connectivity index (χ0n) is 14.0. The first-order valence-corrected chi connectivity index (χ1v) is 8.01. The fourth-order valence-electron chi connectivity index (χ4n) is 2.63. The number of nitrogens with zero attached hydrogens (tertiary/aromatic N) is 1. The molecule has 1 aliphatic rings. The van der Waals surface area contributed by atoms with Crippen molar-refractivity contribution in [1.82, 2.24) is 4.90 Å². The minimum Gasteiger partial charge on any atom is -0.481 e. The van der Waals surface area contributed by atoms with Crippen LogP contribution in [0.3, 0.4) is 0 Å². The topological polar surface area (TPSA) is 49.8 Å². The molecule has 1 saturated heterocycles. The molecule has 122 valence electrons. The lowest BCUT2D eigenvalue weighted by Gasteiger charge is -2.31. The highest BCUT2D eigenvalue weighted by Crippen LogP contribution is 2.25. The van der Waals surface area contributed by atoms with Gasteiger partial charge in [-0.05, 0) is 42.9 Å². The SMILES string of the molecule is CC(Oc1ccc(C(C)(C)C)cc1)C(=O)N1CCC(O)CC1. The van der Waals surface area contributed by atoms with Crippen LogP contribution in [0.2, 0.25) is 0 Å². The van der Waals surface area contributed by atoms with Crippen LogP contribution in [0.25, 0.3) is 0 Å². The van der Waals surface area contributed by atoms with Crippen LogP contribution < -0.4 is 4.74 Å². The van der Waals surface area contributed by atoms with Gasteiger partial charge >= 0.3 is 0 Å². The third kappa shape index (κ3) is 4.23. The van der Waals surface area contributed by atoms with E-state index >= 15 is 0 Å². The van der Waals surface area contributed by atoms with Crippen LogP contribution in [0.1, 0.15) is 46.1 Å². The van der Waals surface area contributed by atoms with Crippen LogP contribution in [0.5, 0.6) is 5.75 Å². The van der Waals surface area contributed by atoms with Gasteiger partial charge in [-0.25, -0.2) is 0 Å². The largest absolute Gasteiger partial charge is 0.481 e. The normalized spacial score (nSPS) is 18.1. The van der Waals surface area contributed by atoms with Gasteiger partial charge in [0.2, 0.25) is 0 Å². The minimum absolute atomic E-state index is 0.00759. The van der Waals surface area contributed by atoms with Gasteiger partial charge in [0.15, 0.2) is 6.10 Å². The monoisotopic (exact) mass is 305 g/mol. The molecule has 1 aromatic rings. The molecule has 0 aliphatic carbocycles. The summed E-state index contributed by atoms with van der Waals surface area (Å²) >= 11 is 0. The molecule has 1 fully saturated rings. The molecule has 0 saturated carbocycles. The fourth-order valence-corrected chi connectivity index (χ4v) is 2.63. The second-order valence-electron chi connectivity index (χ2n) is 7.09. The van der Waals surface area contributed by atoms with E-state index in [1.807, 2.05) is 24.3 Å². The zero-order valence-corrected chi connectivity index (χ0v) is 14.0. The van der Waals surface area contributed by atoms with Gasteiger partial charge in [0.25, 0.3) is 5.91 Å². The van der Waals surface area contributed by atoms with Gasteiger partial charge in [0.05, 0.1) is 6.10 Å². The summed E-state index contributed by atoms with van der Waals surface area (Å²) in [7, 11) is 0. The predicted molar refractivity (Wildman–Crippen MR) is 87.1 cm³/mol. The smallest absolute Gasteiger partial charge is 0.263 e. The predicted octanol–water partition coefficient (Wildman–Crippen LogP) is 2.73. The Morgan fingerprint density at radius 2 is 1.77 bits per heavy atom. The molecule has 1 heterocycles. The van der Waals surface area contributed by atoms with E-state index < -0.39 is 6.10 Å². The van der Waals surface area contributed by atoms with Crippen LogP contribution in [0, 0.1) is 0 Å². The van der Waals surface area contributed by atoms with Crippen LogP contribution in [-0.4, -0.2) is 41.2 Å². The highest BCUT2D eigenvalue weighted by molar-refractivity contribution is 5.81. The van der Waals surface area contributed by atoms with Gasteiger partial charge in [-0.2, -0.15) is 0 Å². The van der Waals surface area contributed by atoms with Gasteiger partial charge in [0.1, 0.15) is 5.75 Å². The van der Waals surface area contributed by atoms with E-state index in [-0.39, 0.29) is 17.4 Å². The van der Waals surface area contributed by atoms with Crippen molar-refractivity contribution in [3.8, 4) is 5.75 Å². The third-order valence-corrected chi connectivity index (χ3v) is 4.16. The standard InChI is InChI=1S/C18H27NO3/c1-13(17(21)19-11-9-15(20)10-12-19)22-16-7-5-14(6-8-16)18(2,3)4/h5-8,13,15,20H,9-12H2,1-4H3. The van der Waals surface area contributed by atoms with Crippen LogP contribution >= 0.6 is 0 Å². The molecule has 1 atom stereocenters.